The number of allylic oxidation sites excluding steroid dienone is 2. The van der Waals surface area contributed by atoms with Crippen molar-refractivity contribution in [1.29, 1.82) is 0 Å². The van der Waals surface area contributed by atoms with Crippen molar-refractivity contribution < 1.29 is 52.9 Å². The largest absolute Gasteiger partial charge is 0.469 e. The second-order valence-corrected chi connectivity index (χ2v) is 18.6. The lowest BCUT2D eigenvalue weighted by atomic mass is 9.90. The Kier molecular flexibility index (Phi) is 33.4. The molecular weight excluding hydrogens is 771 g/mol. The van der Waals surface area contributed by atoms with Crippen LogP contribution in [0.2, 0.25) is 0 Å². The Morgan fingerprint density at radius 3 is 1.80 bits per heavy atom. The van der Waals surface area contributed by atoms with Crippen LogP contribution in [0.4, 0.5) is 0 Å². The SMILES string of the molecule is CCCCC[C@H](O)/C=C/[C@H]1[C@H](O)CC(=O)[C@@H]1C/C=C\CCCC(=O)OC[C@H](COP(=O)(O)O)OC(=O)CCCCCCCCCCCCCCCCCCCCC(C)C. The number of hydrogen-bond donors (Lipinski definition) is 4. The molecule has 1 rings (SSSR count). The zero-order valence-electron chi connectivity index (χ0n) is 37.3. The van der Waals surface area contributed by atoms with Gasteiger partial charge in [-0.15, -0.1) is 0 Å². The normalized spacial score (nSPS) is 18.4. The van der Waals surface area contributed by atoms with Crippen LogP contribution in [0.15, 0.2) is 24.3 Å². The monoisotopic (exact) mass is 857 g/mol. The molecule has 344 valence electrons. The van der Waals surface area contributed by atoms with E-state index in [2.05, 4.69) is 25.3 Å². The van der Waals surface area contributed by atoms with Crippen molar-refractivity contribution in [1.82, 2.24) is 0 Å². The molecule has 11 nitrogen and oxygen atoms in total. The highest BCUT2D eigenvalue weighted by atomic mass is 31.2. The maximum Gasteiger partial charge on any atom is 0.469 e. The van der Waals surface area contributed by atoms with Crippen molar-refractivity contribution >= 4 is 25.5 Å². The van der Waals surface area contributed by atoms with Crippen LogP contribution in [0.25, 0.3) is 0 Å². The molecule has 12 heteroatoms. The number of unbranched alkanes of at least 4 members (excludes halogenated alkanes) is 20. The summed E-state index contributed by atoms with van der Waals surface area (Å²) in [4.78, 5) is 55.7. The molecule has 0 aromatic heterocycles. The van der Waals surface area contributed by atoms with Crippen molar-refractivity contribution in [3.63, 3.8) is 0 Å². The smallest absolute Gasteiger partial charge is 0.462 e. The number of ether oxygens (including phenoxy) is 2. The number of ketones is 1. The molecule has 0 bridgehead atoms. The molecule has 1 saturated carbocycles. The highest BCUT2D eigenvalue weighted by molar-refractivity contribution is 7.46. The highest BCUT2D eigenvalue weighted by Gasteiger charge is 2.39. The van der Waals surface area contributed by atoms with Gasteiger partial charge < -0.3 is 29.5 Å². The van der Waals surface area contributed by atoms with Crippen LogP contribution in [-0.4, -0.2) is 69.2 Å². The van der Waals surface area contributed by atoms with E-state index in [-0.39, 0.29) is 43.5 Å². The third-order valence-electron chi connectivity index (χ3n) is 11.3. The van der Waals surface area contributed by atoms with E-state index in [1.54, 1.807) is 12.2 Å². The maximum atomic E-state index is 12.5. The van der Waals surface area contributed by atoms with Crippen molar-refractivity contribution in [2.24, 2.45) is 17.8 Å². The van der Waals surface area contributed by atoms with Crippen LogP contribution in [0.5, 0.6) is 0 Å². The quantitative estimate of drug-likeness (QED) is 0.0200. The van der Waals surface area contributed by atoms with Gasteiger partial charge in [-0.1, -0.05) is 180 Å². The lowest BCUT2D eigenvalue weighted by Crippen LogP contribution is -2.29. The zero-order valence-corrected chi connectivity index (χ0v) is 38.2. The molecule has 59 heavy (non-hydrogen) atoms. The standard InChI is InChI=1S/C47H85O11P/c1-4-5-24-30-40(48)34-35-43-42(44(49)36-45(43)50)31-26-22-23-27-32-46(51)56-37-41(38-57-59(53,54)55)58-47(52)33-28-21-19-17-15-13-11-9-7-6-8-10-12-14-16-18-20-25-29-39(2)3/h22,26,34-35,39-43,45,48,50H,4-21,23-25,27-33,36-38H2,1-3H3,(H2,53,54,55)/b26-22-,35-34+/t40-,41+,42+,43+,45+/m0/s1. The molecule has 0 aromatic carbocycles. The first-order valence-corrected chi connectivity index (χ1v) is 25.1. The minimum Gasteiger partial charge on any atom is -0.462 e. The molecule has 5 atom stereocenters. The number of phosphoric ester groups is 1. The fourth-order valence-corrected chi connectivity index (χ4v) is 8.02. The van der Waals surface area contributed by atoms with Gasteiger partial charge in [0.05, 0.1) is 18.8 Å². The minimum absolute atomic E-state index is 0.00514. The summed E-state index contributed by atoms with van der Waals surface area (Å²) in [6.07, 6.45) is 34.1. The van der Waals surface area contributed by atoms with E-state index in [1.807, 2.05) is 12.2 Å². The molecule has 1 fully saturated rings. The van der Waals surface area contributed by atoms with Crippen molar-refractivity contribution in [2.45, 2.75) is 225 Å². The van der Waals surface area contributed by atoms with E-state index in [4.69, 9.17) is 19.3 Å². The van der Waals surface area contributed by atoms with E-state index < -0.39 is 44.7 Å². The van der Waals surface area contributed by atoms with Gasteiger partial charge in [0.2, 0.25) is 0 Å². The van der Waals surface area contributed by atoms with E-state index in [0.29, 0.717) is 32.1 Å². The van der Waals surface area contributed by atoms with Crippen molar-refractivity contribution in [3.05, 3.63) is 24.3 Å². The van der Waals surface area contributed by atoms with E-state index in [0.717, 1.165) is 44.4 Å². The van der Waals surface area contributed by atoms with Gasteiger partial charge >= 0.3 is 19.8 Å². The van der Waals surface area contributed by atoms with Gasteiger partial charge in [-0.25, -0.2) is 4.57 Å². The van der Waals surface area contributed by atoms with Gasteiger partial charge in [-0.2, -0.15) is 0 Å². The van der Waals surface area contributed by atoms with Gasteiger partial charge in [0.15, 0.2) is 6.10 Å². The third kappa shape index (κ3) is 32.5. The molecule has 0 unspecified atom stereocenters. The molecule has 0 spiro atoms. The summed E-state index contributed by atoms with van der Waals surface area (Å²) in [5, 5.41) is 20.6. The Labute approximate surface area is 358 Å². The average Bonchev–Trinajstić information content (AvgIpc) is 3.45. The van der Waals surface area contributed by atoms with Crippen molar-refractivity contribution in [2.75, 3.05) is 13.2 Å². The van der Waals surface area contributed by atoms with Gasteiger partial charge in [0.1, 0.15) is 12.4 Å². The van der Waals surface area contributed by atoms with Crippen molar-refractivity contribution in [3.8, 4) is 0 Å². The molecule has 4 N–H and O–H groups in total. The molecule has 0 heterocycles. The molecule has 1 aliphatic carbocycles. The number of rotatable bonds is 39. The number of esters is 2. The summed E-state index contributed by atoms with van der Waals surface area (Å²) in [6, 6.07) is 0. The fourth-order valence-electron chi connectivity index (χ4n) is 7.66. The second-order valence-electron chi connectivity index (χ2n) is 17.3. The topological polar surface area (TPSA) is 177 Å². The Bertz CT molecular complexity index is 1180. The van der Waals surface area contributed by atoms with E-state index in [9.17, 15) is 29.2 Å². The average molecular weight is 857 g/mol. The van der Waals surface area contributed by atoms with E-state index >= 15 is 0 Å². The predicted molar refractivity (Wildman–Crippen MR) is 236 cm³/mol. The molecule has 1 aliphatic rings. The Hall–Kier alpha value is -1.88. The summed E-state index contributed by atoms with van der Waals surface area (Å²) in [5.41, 5.74) is 0. The van der Waals surface area contributed by atoms with Gasteiger partial charge in [0.25, 0.3) is 0 Å². The van der Waals surface area contributed by atoms with Gasteiger partial charge in [-0.05, 0) is 38.0 Å². The first kappa shape index (κ1) is 55.1. The second kappa shape index (κ2) is 35.7. The number of carbonyl (C=O) groups is 3. The molecule has 0 amide bonds. The Morgan fingerprint density at radius 1 is 0.729 bits per heavy atom. The number of hydrogen-bond acceptors (Lipinski definition) is 9. The number of carbonyl (C=O) groups excluding carboxylic acids is 3. The predicted octanol–water partition coefficient (Wildman–Crippen LogP) is 11.2. The van der Waals surface area contributed by atoms with Crippen LogP contribution < -0.4 is 0 Å². The molecule has 0 radical (unpaired) electrons. The summed E-state index contributed by atoms with van der Waals surface area (Å²) >= 11 is 0. The lowest BCUT2D eigenvalue weighted by molar-refractivity contribution is -0.161. The minimum atomic E-state index is -4.82. The Morgan fingerprint density at radius 2 is 1.25 bits per heavy atom. The van der Waals surface area contributed by atoms with Crippen LogP contribution in [0.1, 0.15) is 207 Å². The first-order chi connectivity index (χ1) is 28.3. The fraction of sp³-hybridized carbons (Fsp3) is 0.851. The Balaban J connectivity index is 2.19. The summed E-state index contributed by atoms with van der Waals surface area (Å²) in [5.74, 6) is -0.952. The number of aliphatic hydroxyl groups excluding tert-OH is 2. The molecule has 0 aliphatic heterocycles. The van der Waals surface area contributed by atoms with Gasteiger partial charge in [0, 0.05) is 31.1 Å². The van der Waals surface area contributed by atoms with Crippen LogP contribution in [-0.2, 0) is 32.9 Å². The summed E-state index contributed by atoms with van der Waals surface area (Å²) < 4.78 is 26.4. The number of Topliss-reactive ketones (excluding diaryl/α,β-unsaturated/α-hetero) is 1. The summed E-state index contributed by atoms with van der Waals surface area (Å²) in [7, 11) is -4.82. The zero-order chi connectivity index (χ0) is 43.6. The molecule has 0 saturated heterocycles. The van der Waals surface area contributed by atoms with Crippen LogP contribution in [0, 0.1) is 17.8 Å². The van der Waals surface area contributed by atoms with E-state index in [1.165, 1.54) is 96.3 Å². The first-order valence-electron chi connectivity index (χ1n) is 23.6. The van der Waals surface area contributed by atoms with Crippen LogP contribution in [0.3, 0.4) is 0 Å². The third-order valence-corrected chi connectivity index (χ3v) is 11.8. The maximum absolute atomic E-state index is 12.5. The number of phosphoric acid groups is 1. The number of aliphatic hydroxyl groups is 2. The highest BCUT2D eigenvalue weighted by Crippen LogP contribution is 2.36. The van der Waals surface area contributed by atoms with Gasteiger partial charge in [-0.3, -0.25) is 18.9 Å². The lowest BCUT2D eigenvalue weighted by Gasteiger charge is -2.18. The molecular formula is C47H85O11P. The van der Waals surface area contributed by atoms with Crippen LogP contribution >= 0.6 is 7.82 Å². The summed E-state index contributed by atoms with van der Waals surface area (Å²) in [6.45, 7) is 5.73. The molecule has 0 aromatic rings.